The molecule has 1 spiro atoms. The van der Waals surface area contributed by atoms with E-state index in [1.807, 2.05) is 6.07 Å². The van der Waals surface area contributed by atoms with Crippen molar-refractivity contribution in [2.75, 3.05) is 4.90 Å². The molecule has 1 unspecified atom stereocenters. The molecule has 0 aromatic heterocycles. The van der Waals surface area contributed by atoms with Crippen molar-refractivity contribution in [1.29, 1.82) is 0 Å². The molecule has 4 rings (SSSR count). The van der Waals surface area contributed by atoms with Gasteiger partial charge in [0.25, 0.3) is 5.91 Å². The molecule has 126 valence electrons. The molecule has 2 aromatic carbocycles. The maximum atomic E-state index is 12.9. The van der Waals surface area contributed by atoms with Crippen LogP contribution in [0, 0.1) is 0 Å². The van der Waals surface area contributed by atoms with Gasteiger partial charge < -0.3 is 4.84 Å². The van der Waals surface area contributed by atoms with E-state index in [-0.39, 0.29) is 18.7 Å². The Bertz CT molecular complexity index is 914. The number of imide groups is 1. The first-order chi connectivity index (χ1) is 12.0. The molecule has 2 heterocycles. The molecule has 0 saturated carbocycles. The Labute approximate surface area is 153 Å². The molecule has 2 amide bonds. The molecule has 0 aliphatic carbocycles. The van der Waals surface area contributed by atoms with Gasteiger partial charge in [0.15, 0.2) is 0 Å². The fraction of sp³-hybridized carbons (Fsp3) is 0.167. The fourth-order valence-electron chi connectivity index (χ4n) is 3.11. The summed E-state index contributed by atoms with van der Waals surface area (Å²) in [5.74, 6) is -0.720. The molecular weight excluding hydrogens is 363 g/mol. The van der Waals surface area contributed by atoms with Gasteiger partial charge in [0.1, 0.15) is 0 Å². The summed E-state index contributed by atoms with van der Waals surface area (Å²) in [6, 6.07) is 13.8. The van der Waals surface area contributed by atoms with E-state index in [1.54, 1.807) is 42.5 Å². The van der Waals surface area contributed by atoms with Gasteiger partial charge in [-0.1, -0.05) is 52.6 Å². The molecule has 1 saturated heterocycles. The van der Waals surface area contributed by atoms with Crippen LogP contribution in [0.25, 0.3) is 0 Å². The molecule has 0 bridgehead atoms. The third kappa shape index (κ3) is 2.60. The monoisotopic (exact) mass is 374 g/mol. The number of oxime groups is 1. The zero-order valence-electron chi connectivity index (χ0n) is 12.9. The van der Waals surface area contributed by atoms with Crippen molar-refractivity contribution in [3.05, 3.63) is 64.1 Å². The van der Waals surface area contributed by atoms with E-state index < -0.39 is 11.5 Å². The fourth-order valence-corrected chi connectivity index (χ4v) is 3.63. The quantitative estimate of drug-likeness (QED) is 0.750. The van der Waals surface area contributed by atoms with Crippen LogP contribution in [0.3, 0.4) is 0 Å². The van der Waals surface area contributed by atoms with Crippen molar-refractivity contribution in [2.45, 2.75) is 18.4 Å². The lowest BCUT2D eigenvalue weighted by molar-refractivity contribution is -0.136. The average molecular weight is 375 g/mol. The second-order valence-electron chi connectivity index (χ2n) is 5.97. The first-order valence-corrected chi connectivity index (χ1v) is 8.39. The first kappa shape index (κ1) is 16.1. The van der Waals surface area contributed by atoms with Gasteiger partial charge in [0, 0.05) is 17.0 Å². The molecule has 0 N–H and O–H groups in total. The highest BCUT2D eigenvalue weighted by molar-refractivity contribution is 6.37. The normalized spacial score (nSPS) is 22.5. The van der Waals surface area contributed by atoms with Crippen molar-refractivity contribution in [2.24, 2.45) is 5.16 Å². The summed E-state index contributed by atoms with van der Waals surface area (Å²) in [5.41, 5.74) is 0.389. The molecule has 0 radical (unpaired) electrons. The summed E-state index contributed by atoms with van der Waals surface area (Å²) < 4.78 is 0. The number of nitrogens with zero attached hydrogens (tertiary/aromatic N) is 2. The van der Waals surface area contributed by atoms with Gasteiger partial charge in [-0.2, -0.15) is 0 Å². The largest absolute Gasteiger partial charge is 0.378 e. The lowest BCUT2D eigenvalue weighted by Crippen LogP contribution is -2.40. The minimum atomic E-state index is -1.30. The van der Waals surface area contributed by atoms with E-state index in [1.165, 1.54) is 0 Å². The molecule has 2 aromatic rings. The summed E-state index contributed by atoms with van der Waals surface area (Å²) in [5, 5.41) is 4.96. The van der Waals surface area contributed by atoms with Gasteiger partial charge in [0.05, 0.1) is 22.8 Å². The molecule has 5 nitrogen and oxygen atoms in total. The van der Waals surface area contributed by atoms with Crippen molar-refractivity contribution >= 4 is 46.4 Å². The van der Waals surface area contributed by atoms with Gasteiger partial charge in [-0.15, -0.1) is 0 Å². The molecular formula is C18H12Cl2N2O3. The maximum absolute atomic E-state index is 12.9. The van der Waals surface area contributed by atoms with E-state index in [0.29, 0.717) is 27.0 Å². The van der Waals surface area contributed by atoms with Crippen LogP contribution in [0.2, 0.25) is 10.0 Å². The second kappa shape index (κ2) is 5.86. The maximum Gasteiger partial charge on any atom is 0.281 e. The van der Waals surface area contributed by atoms with Crippen LogP contribution in [-0.4, -0.2) is 23.1 Å². The van der Waals surface area contributed by atoms with Gasteiger partial charge in [-0.3, -0.25) is 9.59 Å². The number of carbonyl (C=O) groups is 2. The molecule has 1 fully saturated rings. The SMILES string of the molecule is O=C1CC2(CC(c3ccc(Cl)cc3Cl)=NO2)C(=O)N1c1ccccc1. The predicted octanol–water partition coefficient (Wildman–Crippen LogP) is 3.82. The average Bonchev–Trinajstić information content (AvgIpc) is 3.10. The van der Waals surface area contributed by atoms with Crippen molar-refractivity contribution in [1.82, 2.24) is 0 Å². The zero-order valence-corrected chi connectivity index (χ0v) is 14.4. The third-order valence-electron chi connectivity index (χ3n) is 4.32. The predicted molar refractivity (Wildman–Crippen MR) is 95.0 cm³/mol. The van der Waals surface area contributed by atoms with Crippen LogP contribution in [0.15, 0.2) is 53.7 Å². The summed E-state index contributed by atoms with van der Waals surface area (Å²) in [6.07, 6.45) is 0.126. The van der Waals surface area contributed by atoms with Crippen molar-refractivity contribution < 1.29 is 14.4 Å². The highest BCUT2D eigenvalue weighted by Gasteiger charge is 2.58. The van der Waals surface area contributed by atoms with Crippen LogP contribution < -0.4 is 4.90 Å². The third-order valence-corrected chi connectivity index (χ3v) is 4.87. The second-order valence-corrected chi connectivity index (χ2v) is 6.81. The lowest BCUT2D eigenvalue weighted by atomic mass is 9.92. The number of hydrogen-bond donors (Lipinski definition) is 0. The Morgan fingerprint density at radius 2 is 1.80 bits per heavy atom. The smallest absolute Gasteiger partial charge is 0.281 e. The number of para-hydroxylation sites is 1. The summed E-state index contributed by atoms with van der Waals surface area (Å²) in [7, 11) is 0. The van der Waals surface area contributed by atoms with Crippen LogP contribution in [-0.2, 0) is 14.4 Å². The van der Waals surface area contributed by atoms with E-state index >= 15 is 0 Å². The molecule has 25 heavy (non-hydrogen) atoms. The first-order valence-electron chi connectivity index (χ1n) is 7.63. The van der Waals surface area contributed by atoms with E-state index in [2.05, 4.69) is 5.16 Å². The molecule has 7 heteroatoms. The number of hydrogen-bond acceptors (Lipinski definition) is 4. The Morgan fingerprint density at radius 3 is 2.52 bits per heavy atom. The highest BCUT2D eigenvalue weighted by atomic mass is 35.5. The highest BCUT2D eigenvalue weighted by Crippen LogP contribution is 2.40. The number of anilines is 1. The number of amides is 2. The van der Waals surface area contributed by atoms with Crippen LogP contribution in [0.4, 0.5) is 5.69 Å². The Balaban J connectivity index is 1.63. The van der Waals surface area contributed by atoms with Crippen molar-refractivity contribution in [3.8, 4) is 0 Å². The Hall–Kier alpha value is -2.37. The van der Waals surface area contributed by atoms with Crippen molar-refractivity contribution in [3.63, 3.8) is 0 Å². The van der Waals surface area contributed by atoms with Crippen LogP contribution in [0.5, 0.6) is 0 Å². The molecule has 1 atom stereocenters. The summed E-state index contributed by atoms with van der Waals surface area (Å²) in [4.78, 5) is 32.0. The summed E-state index contributed by atoms with van der Waals surface area (Å²) in [6.45, 7) is 0. The Morgan fingerprint density at radius 1 is 1.04 bits per heavy atom. The number of carbonyl (C=O) groups excluding carboxylic acids is 2. The molecule has 2 aliphatic heterocycles. The standard InChI is InChI=1S/C18H12Cl2N2O3/c19-11-6-7-13(14(20)8-11)15-9-18(25-21-15)10-16(23)22(17(18)24)12-4-2-1-3-5-12/h1-8H,9-10H2. The number of benzene rings is 2. The van der Waals surface area contributed by atoms with E-state index in [4.69, 9.17) is 28.0 Å². The number of rotatable bonds is 2. The van der Waals surface area contributed by atoms with E-state index in [9.17, 15) is 9.59 Å². The van der Waals surface area contributed by atoms with Crippen LogP contribution >= 0.6 is 23.2 Å². The van der Waals surface area contributed by atoms with Gasteiger partial charge in [0.2, 0.25) is 11.5 Å². The topological polar surface area (TPSA) is 59.0 Å². The Kier molecular flexibility index (Phi) is 3.78. The van der Waals surface area contributed by atoms with Crippen LogP contribution in [0.1, 0.15) is 18.4 Å². The minimum Gasteiger partial charge on any atom is -0.378 e. The van der Waals surface area contributed by atoms with E-state index in [0.717, 1.165) is 4.90 Å². The molecule has 2 aliphatic rings. The minimum absolute atomic E-state index is 0.0566. The lowest BCUT2D eigenvalue weighted by Gasteiger charge is -2.19. The van der Waals surface area contributed by atoms with Gasteiger partial charge in [-0.25, -0.2) is 4.90 Å². The summed E-state index contributed by atoms with van der Waals surface area (Å²) >= 11 is 12.1. The zero-order chi connectivity index (χ0) is 17.6. The van der Waals surface area contributed by atoms with Gasteiger partial charge >= 0.3 is 0 Å². The number of halogens is 2. The van der Waals surface area contributed by atoms with Gasteiger partial charge in [-0.05, 0) is 24.3 Å².